The highest BCUT2D eigenvalue weighted by atomic mass is 16.5. The van der Waals surface area contributed by atoms with Gasteiger partial charge in [0.2, 0.25) is 0 Å². The van der Waals surface area contributed by atoms with Gasteiger partial charge in [-0.3, -0.25) is 9.89 Å². The first kappa shape index (κ1) is 12.9. The maximum absolute atomic E-state index is 11.8. The number of nitrogens with one attached hydrogen (secondary N) is 2. The van der Waals surface area contributed by atoms with Crippen molar-refractivity contribution < 1.29 is 14.6 Å². The number of H-pyrrole nitrogens is 1. The van der Waals surface area contributed by atoms with E-state index in [-0.39, 0.29) is 17.2 Å². The van der Waals surface area contributed by atoms with Crippen molar-refractivity contribution in [3.63, 3.8) is 0 Å². The van der Waals surface area contributed by atoms with Gasteiger partial charge in [0.05, 0.1) is 12.7 Å². The average molecular weight is 262 g/mol. The fourth-order valence-electron chi connectivity index (χ4n) is 1.57. The van der Waals surface area contributed by atoms with Crippen molar-refractivity contribution in [1.29, 1.82) is 0 Å². The lowest BCUT2D eigenvalue weighted by Crippen LogP contribution is -2.26. The summed E-state index contributed by atoms with van der Waals surface area (Å²) in [4.78, 5) is 15.8. The van der Waals surface area contributed by atoms with Crippen LogP contribution >= 0.6 is 0 Å². The van der Waals surface area contributed by atoms with Crippen LogP contribution in [0.5, 0.6) is 11.5 Å². The van der Waals surface area contributed by atoms with Crippen molar-refractivity contribution in [3.05, 3.63) is 35.9 Å². The quantitative estimate of drug-likeness (QED) is 0.728. The number of amides is 1. The molecule has 1 aromatic carbocycles. The van der Waals surface area contributed by atoms with Gasteiger partial charge in [0, 0.05) is 19.0 Å². The summed E-state index contributed by atoms with van der Waals surface area (Å²) >= 11 is 0. The Morgan fingerprint density at radius 1 is 1.53 bits per heavy atom. The Balaban J connectivity index is 1.92. The van der Waals surface area contributed by atoms with Crippen molar-refractivity contribution in [2.75, 3.05) is 13.7 Å². The summed E-state index contributed by atoms with van der Waals surface area (Å²) < 4.78 is 4.95. The smallest absolute Gasteiger partial charge is 0.255 e. The van der Waals surface area contributed by atoms with E-state index in [0.29, 0.717) is 24.5 Å². The van der Waals surface area contributed by atoms with Crippen molar-refractivity contribution >= 4 is 5.91 Å². The Labute approximate surface area is 109 Å². The second kappa shape index (κ2) is 5.85. The van der Waals surface area contributed by atoms with E-state index >= 15 is 0 Å². The molecule has 1 amide bonds. The van der Waals surface area contributed by atoms with Crippen LogP contribution in [0.25, 0.3) is 0 Å². The minimum atomic E-state index is -0.348. The van der Waals surface area contributed by atoms with E-state index in [2.05, 4.69) is 20.5 Å². The molecule has 0 saturated carbocycles. The maximum Gasteiger partial charge on any atom is 0.255 e. The second-order valence-corrected chi connectivity index (χ2v) is 3.82. The van der Waals surface area contributed by atoms with Crippen LogP contribution in [0.2, 0.25) is 0 Å². The van der Waals surface area contributed by atoms with E-state index < -0.39 is 0 Å². The molecule has 2 rings (SSSR count). The standard InChI is InChI=1S/C12H14N4O3/c1-19-8-2-3-9(10(17)6-8)12(18)13-5-4-11-14-7-15-16-11/h2-3,6-7,17H,4-5H2,1H3,(H,13,18)(H,14,15,16). The van der Waals surface area contributed by atoms with Gasteiger partial charge in [0.15, 0.2) is 0 Å². The number of hydrogen-bond donors (Lipinski definition) is 3. The SMILES string of the molecule is COc1ccc(C(=O)NCCc2ncn[nH]2)c(O)c1. The van der Waals surface area contributed by atoms with Crippen LogP contribution in [0.15, 0.2) is 24.5 Å². The summed E-state index contributed by atoms with van der Waals surface area (Å²) in [6, 6.07) is 4.52. The van der Waals surface area contributed by atoms with Crippen LogP contribution in [-0.4, -0.2) is 39.8 Å². The second-order valence-electron chi connectivity index (χ2n) is 3.82. The van der Waals surface area contributed by atoms with Gasteiger partial charge in [-0.2, -0.15) is 5.10 Å². The third-order valence-corrected chi connectivity index (χ3v) is 2.56. The number of carbonyl (C=O) groups excluding carboxylic acids is 1. The minimum Gasteiger partial charge on any atom is -0.507 e. The lowest BCUT2D eigenvalue weighted by atomic mass is 10.1. The number of aromatic hydroxyl groups is 1. The zero-order valence-electron chi connectivity index (χ0n) is 10.4. The first-order valence-corrected chi connectivity index (χ1v) is 5.70. The lowest BCUT2D eigenvalue weighted by molar-refractivity contribution is 0.0951. The highest BCUT2D eigenvalue weighted by molar-refractivity contribution is 5.96. The van der Waals surface area contributed by atoms with E-state index in [9.17, 15) is 9.90 Å². The largest absolute Gasteiger partial charge is 0.507 e. The van der Waals surface area contributed by atoms with Gasteiger partial charge in [-0.1, -0.05) is 0 Å². The van der Waals surface area contributed by atoms with Crippen LogP contribution in [0, 0.1) is 0 Å². The van der Waals surface area contributed by atoms with Gasteiger partial charge in [-0.05, 0) is 12.1 Å². The average Bonchev–Trinajstić information content (AvgIpc) is 2.91. The lowest BCUT2D eigenvalue weighted by Gasteiger charge is -2.07. The molecule has 3 N–H and O–H groups in total. The highest BCUT2D eigenvalue weighted by Gasteiger charge is 2.11. The molecule has 100 valence electrons. The molecule has 0 aliphatic heterocycles. The first-order valence-electron chi connectivity index (χ1n) is 5.70. The number of ether oxygens (including phenoxy) is 1. The molecule has 2 aromatic rings. The maximum atomic E-state index is 11.8. The van der Waals surface area contributed by atoms with Gasteiger partial charge < -0.3 is 15.2 Å². The van der Waals surface area contributed by atoms with Crippen LogP contribution in [0.3, 0.4) is 0 Å². The number of methoxy groups -OCH3 is 1. The third kappa shape index (κ3) is 3.21. The molecule has 0 bridgehead atoms. The summed E-state index contributed by atoms with van der Waals surface area (Å²) in [5.41, 5.74) is 0.207. The molecular formula is C12H14N4O3. The number of rotatable bonds is 5. The molecule has 0 aliphatic carbocycles. The number of phenolic OH excluding ortho intramolecular Hbond substituents is 1. The van der Waals surface area contributed by atoms with E-state index in [0.717, 1.165) is 0 Å². The fourth-order valence-corrected chi connectivity index (χ4v) is 1.57. The first-order chi connectivity index (χ1) is 9.20. The molecule has 0 spiro atoms. The van der Waals surface area contributed by atoms with E-state index in [1.165, 1.54) is 25.6 Å². The molecule has 0 aliphatic rings. The van der Waals surface area contributed by atoms with Crippen LogP contribution in [0.4, 0.5) is 0 Å². The minimum absolute atomic E-state index is 0.114. The zero-order valence-corrected chi connectivity index (χ0v) is 10.4. The van der Waals surface area contributed by atoms with Crippen LogP contribution < -0.4 is 10.1 Å². The van der Waals surface area contributed by atoms with E-state index in [1.807, 2.05) is 0 Å². The molecule has 0 atom stereocenters. The van der Waals surface area contributed by atoms with Crippen molar-refractivity contribution in [1.82, 2.24) is 20.5 Å². The molecular weight excluding hydrogens is 248 g/mol. The number of benzene rings is 1. The molecule has 0 unspecified atom stereocenters. The Bertz CT molecular complexity index is 554. The molecule has 0 saturated heterocycles. The monoisotopic (exact) mass is 262 g/mol. The normalized spacial score (nSPS) is 10.2. The summed E-state index contributed by atoms with van der Waals surface area (Å²) in [6.07, 6.45) is 1.95. The topological polar surface area (TPSA) is 100 Å². The van der Waals surface area contributed by atoms with Gasteiger partial charge in [0.1, 0.15) is 23.7 Å². The fraction of sp³-hybridized carbons (Fsp3) is 0.250. The number of aromatic nitrogens is 3. The Morgan fingerprint density at radius 2 is 2.37 bits per heavy atom. The van der Waals surface area contributed by atoms with Crippen LogP contribution in [-0.2, 0) is 6.42 Å². The third-order valence-electron chi connectivity index (χ3n) is 2.56. The zero-order chi connectivity index (χ0) is 13.7. The number of nitrogens with zero attached hydrogens (tertiary/aromatic N) is 2. The van der Waals surface area contributed by atoms with Gasteiger partial charge in [0.25, 0.3) is 5.91 Å². The highest BCUT2D eigenvalue weighted by Crippen LogP contribution is 2.23. The molecule has 1 aromatic heterocycles. The van der Waals surface area contributed by atoms with Gasteiger partial charge in [-0.15, -0.1) is 0 Å². The predicted molar refractivity (Wildman–Crippen MR) is 67.1 cm³/mol. The molecule has 0 fully saturated rings. The molecule has 0 radical (unpaired) electrons. The van der Waals surface area contributed by atoms with Crippen molar-refractivity contribution in [3.8, 4) is 11.5 Å². The number of aromatic amines is 1. The summed E-state index contributed by atoms with van der Waals surface area (Å²) in [7, 11) is 1.49. The Kier molecular flexibility index (Phi) is 3.97. The van der Waals surface area contributed by atoms with Crippen molar-refractivity contribution in [2.24, 2.45) is 0 Å². The summed E-state index contributed by atoms with van der Waals surface area (Å²) in [6.45, 7) is 0.402. The van der Waals surface area contributed by atoms with E-state index in [4.69, 9.17) is 4.74 Å². The number of carbonyl (C=O) groups is 1. The molecule has 19 heavy (non-hydrogen) atoms. The summed E-state index contributed by atoms with van der Waals surface area (Å²) in [5.74, 6) is 0.728. The summed E-state index contributed by atoms with van der Waals surface area (Å²) in [5, 5.41) is 18.8. The van der Waals surface area contributed by atoms with Crippen LogP contribution in [0.1, 0.15) is 16.2 Å². The Morgan fingerprint density at radius 3 is 3.00 bits per heavy atom. The van der Waals surface area contributed by atoms with Gasteiger partial charge in [-0.25, -0.2) is 4.98 Å². The number of phenols is 1. The van der Waals surface area contributed by atoms with Crippen molar-refractivity contribution in [2.45, 2.75) is 6.42 Å². The Hall–Kier alpha value is -2.57. The number of hydrogen-bond acceptors (Lipinski definition) is 5. The molecule has 1 heterocycles. The predicted octanol–water partition coefficient (Wildman–Crippen LogP) is 0.491. The van der Waals surface area contributed by atoms with E-state index in [1.54, 1.807) is 6.07 Å². The molecule has 7 nitrogen and oxygen atoms in total. The molecule has 7 heteroatoms. The van der Waals surface area contributed by atoms with Gasteiger partial charge >= 0.3 is 0 Å².